The molecule has 1 aliphatic rings. The fraction of sp³-hybridized carbons (Fsp3) is 0.700. The predicted octanol–water partition coefficient (Wildman–Crippen LogP) is -0.192. The van der Waals surface area contributed by atoms with Crippen molar-refractivity contribution >= 4 is 18.0 Å². The Labute approximate surface area is 98.7 Å². The normalized spacial score (nSPS) is 16.8. The van der Waals surface area contributed by atoms with Crippen LogP contribution in [0.15, 0.2) is 0 Å². The maximum absolute atomic E-state index is 11.6. The average molecular weight is 244 g/mol. The third-order valence-electron chi connectivity index (χ3n) is 2.44. The monoisotopic (exact) mass is 244 g/mol. The lowest BCUT2D eigenvalue weighted by Crippen LogP contribution is -2.44. The molecule has 0 aromatic carbocycles. The van der Waals surface area contributed by atoms with Gasteiger partial charge in [0.2, 0.25) is 5.91 Å². The number of nitrogens with zero attached hydrogens (tertiary/aromatic N) is 1. The molecule has 7 nitrogen and oxygen atoms in total. The van der Waals surface area contributed by atoms with Crippen molar-refractivity contribution in [3.05, 3.63) is 0 Å². The highest BCUT2D eigenvalue weighted by molar-refractivity contribution is 5.94. The van der Waals surface area contributed by atoms with E-state index in [0.717, 1.165) is 4.90 Å². The number of carboxylic acids is 1. The van der Waals surface area contributed by atoms with Crippen LogP contribution >= 0.6 is 0 Å². The van der Waals surface area contributed by atoms with Gasteiger partial charge in [0, 0.05) is 0 Å². The maximum atomic E-state index is 11.6. The molecule has 1 rings (SSSR count). The van der Waals surface area contributed by atoms with Crippen molar-refractivity contribution in [1.29, 1.82) is 0 Å². The summed E-state index contributed by atoms with van der Waals surface area (Å²) in [6, 6.07) is -0.762. The summed E-state index contributed by atoms with van der Waals surface area (Å²) in [5.74, 6) is -1.46. The Bertz CT molecular complexity index is 318. The van der Waals surface area contributed by atoms with Crippen molar-refractivity contribution < 1.29 is 24.2 Å². The topological polar surface area (TPSA) is 95.9 Å². The van der Waals surface area contributed by atoms with Crippen LogP contribution in [-0.4, -0.2) is 53.7 Å². The molecular formula is C10H16N2O5. The van der Waals surface area contributed by atoms with E-state index >= 15 is 0 Å². The summed E-state index contributed by atoms with van der Waals surface area (Å²) in [4.78, 5) is 34.4. The van der Waals surface area contributed by atoms with Crippen LogP contribution in [0.4, 0.5) is 4.79 Å². The second-order valence-corrected chi connectivity index (χ2v) is 3.72. The quantitative estimate of drug-likeness (QED) is 0.672. The molecule has 1 fully saturated rings. The Balaban J connectivity index is 2.40. The van der Waals surface area contributed by atoms with Gasteiger partial charge >= 0.3 is 12.1 Å². The van der Waals surface area contributed by atoms with Crippen LogP contribution in [0.5, 0.6) is 0 Å². The van der Waals surface area contributed by atoms with E-state index in [1.54, 1.807) is 0 Å². The van der Waals surface area contributed by atoms with Crippen molar-refractivity contribution in [3.8, 4) is 0 Å². The molecule has 96 valence electrons. The van der Waals surface area contributed by atoms with Crippen molar-refractivity contribution in [2.45, 2.75) is 25.8 Å². The summed E-state index contributed by atoms with van der Waals surface area (Å²) < 4.78 is 4.61. The summed E-state index contributed by atoms with van der Waals surface area (Å²) in [7, 11) is 0. The Morgan fingerprint density at radius 1 is 1.59 bits per heavy atom. The van der Waals surface area contributed by atoms with Crippen LogP contribution in [0, 0.1) is 0 Å². The van der Waals surface area contributed by atoms with Gasteiger partial charge in [0.1, 0.15) is 12.6 Å². The Morgan fingerprint density at radius 3 is 2.76 bits per heavy atom. The zero-order valence-corrected chi connectivity index (χ0v) is 9.64. The number of cyclic esters (lactones) is 1. The number of nitrogens with one attached hydrogen (secondary N) is 1. The zero-order valence-electron chi connectivity index (χ0n) is 9.64. The Kier molecular flexibility index (Phi) is 4.89. The number of hydrogen-bond acceptors (Lipinski definition) is 5. The lowest BCUT2D eigenvalue weighted by molar-refractivity contribution is -0.139. The highest BCUT2D eigenvalue weighted by atomic mass is 16.6. The van der Waals surface area contributed by atoms with Crippen molar-refractivity contribution in [2.24, 2.45) is 0 Å². The molecule has 0 aromatic rings. The van der Waals surface area contributed by atoms with Gasteiger partial charge in [0.15, 0.2) is 0 Å². The van der Waals surface area contributed by atoms with Crippen LogP contribution in [0.2, 0.25) is 0 Å². The summed E-state index contributed by atoms with van der Waals surface area (Å²) in [6.45, 7) is 2.11. The van der Waals surface area contributed by atoms with Gasteiger partial charge in [-0.05, 0) is 6.42 Å². The second kappa shape index (κ2) is 6.19. The Morgan fingerprint density at radius 2 is 2.29 bits per heavy atom. The molecule has 1 unspecified atom stereocenters. The maximum Gasteiger partial charge on any atom is 0.416 e. The minimum Gasteiger partial charge on any atom is -0.480 e. The summed E-state index contributed by atoms with van der Waals surface area (Å²) in [5.41, 5.74) is 0. The molecule has 0 saturated carbocycles. The molecule has 1 saturated heterocycles. The number of ether oxygens (including phenoxy) is 1. The molecule has 0 radical (unpaired) electrons. The predicted molar refractivity (Wildman–Crippen MR) is 57.4 cm³/mol. The number of carbonyl (C=O) groups excluding carboxylic acids is 2. The minimum atomic E-state index is -0.997. The summed E-state index contributed by atoms with van der Waals surface area (Å²) in [5, 5.41) is 11.5. The lowest BCUT2D eigenvalue weighted by Gasteiger charge is -2.15. The van der Waals surface area contributed by atoms with Gasteiger partial charge in [-0.25, -0.2) is 9.69 Å². The second-order valence-electron chi connectivity index (χ2n) is 3.72. The lowest BCUT2D eigenvalue weighted by atomic mass is 10.2. The fourth-order valence-corrected chi connectivity index (χ4v) is 1.53. The molecule has 1 aliphatic heterocycles. The number of aliphatic carboxylic acids is 1. The fourth-order valence-electron chi connectivity index (χ4n) is 1.53. The number of carboxylic acid groups (broad SMARTS) is 1. The third-order valence-corrected chi connectivity index (χ3v) is 2.44. The average Bonchev–Trinajstić information content (AvgIpc) is 2.69. The molecule has 7 heteroatoms. The number of rotatable bonds is 6. The molecule has 0 aromatic heterocycles. The van der Waals surface area contributed by atoms with Crippen LogP contribution in [-0.2, 0) is 14.3 Å². The Hall–Kier alpha value is -1.63. The van der Waals surface area contributed by atoms with E-state index in [4.69, 9.17) is 5.11 Å². The van der Waals surface area contributed by atoms with Crippen molar-refractivity contribution in [1.82, 2.24) is 10.2 Å². The van der Waals surface area contributed by atoms with Crippen LogP contribution < -0.4 is 5.32 Å². The molecule has 2 amide bonds. The first-order chi connectivity index (χ1) is 8.06. The molecule has 1 heterocycles. The van der Waals surface area contributed by atoms with Crippen molar-refractivity contribution in [2.75, 3.05) is 19.7 Å². The highest BCUT2D eigenvalue weighted by Gasteiger charge is 2.28. The van der Waals surface area contributed by atoms with E-state index in [0.29, 0.717) is 12.8 Å². The molecule has 2 N–H and O–H groups in total. The van der Waals surface area contributed by atoms with Crippen molar-refractivity contribution in [3.63, 3.8) is 0 Å². The van der Waals surface area contributed by atoms with Gasteiger partial charge in [-0.15, -0.1) is 0 Å². The molecule has 0 aliphatic carbocycles. The third kappa shape index (κ3) is 3.70. The smallest absolute Gasteiger partial charge is 0.416 e. The number of carbonyl (C=O) groups is 3. The summed E-state index contributed by atoms with van der Waals surface area (Å²) >= 11 is 0. The van der Waals surface area contributed by atoms with E-state index in [1.807, 2.05) is 6.92 Å². The molecule has 1 atom stereocenters. The van der Waals surface area contributed by atoms with Crippen LogP contribution in [0.25, 0.3) is 0 Å². The van der Waals surface area contributed by atoms with E-state index in [-0.39, 0.29) is 19.7 Å². The first kappa shape index (κ1) is 13.4. The first-order valence-electron chi connectivity index (χ1n) is 5.49. The molecule has 0 spiro atoms. The molecule has 17 heavy (non-hydrogen) atoms. The van der Waals surface area contributed by atoms with E-state index in [9.17, 15) is 14.4 Å². The van der Waals surface area contributed by atoms with E-state index < -0.39 is 24.0 Å². The SMILES string of the molecule is CCCC(NCC(=O)N1CCOC1=O)C(=O)O. The van der Waals surface area contributed by atoms with E-state index in [1.165, 1.54) is 0 Å². The van der Waals surface area contributed by atoms with Crippen LogP contribution in [0.1, 0.15) is 19.8 Å². The van der Waals surface area contributed by atoms with Gasteiger partial charge in [-0.3, -0.25) is 14.9 Å². The zero-order chi connectivity index (χ0) is 12.8. The molecular weight excluding hydrogens is 228 g/mol. The van der Waals surface area contributed by atoms with Gasteiger partial charge in [0.05, 0.1) is 13.1 Å². The van der Waals surface area contributed by atoms with Gasteiger partial charge in [0.25, 0.3) is 0 Å². The number of hydrogen-bond donors (Lipinski definition) is 2. The highest BCUT2D eigenvalue weighted by Crippen LogP contribution is 2.03. The van der Waals surface area contributed by atoms with Gasteiger partial charge in [-0.1, -0.05) is 13.3 Å². The summed E-state index contributed by atoms with van der Waals surface area (Å²) in [6.07, 6.45) is 0.468. The van der Waals surface area contributed by atoms with Gasteiger partial charge < -0.3 is 9.84 Å². The number of imide groups is 1. The van der Waals surface area contributed by atoms with Gasteiger partial charge in [-0.2, -0.15) is 0 Å². The standard InChI is InChI=1S/C10H16N2O5/c1-2-3-7(9(14)15)11-6-8(13)12-4-5-17-10(12)16/h7,11H,2-6H2,1H3,(H,14,15). The number of amides is 2. The van der Waals surface area contributed by atoms with E-state index in [2.05, 4.69) is 10.1 Å². The van der Waals surface area contributed by atoms with Crippen LogP contribution in [0.3, 0.4) is 0 Å². The first-order valence-corrected chi connectivity index (χ1v) is 5.49. The minimum absolute atomic E-state index is 0.175. The largest absolute Gasteiger partial charge is 0.480 e. The molecule has 0 bridgehead atoms.